The molecule has 1 aromatic heterocycles. The van der Waals surface area contributed by atoms with Crippen LogP contribution in [0.4, 0.5) is 0 Å². The number of nitrogens with zero attached hydrogens (tertiary/aromatic N) is 2. The fourth-order valence-corrected chi connectivity index (χ4v) is 3.40. The molecule has 0 saturated carbocycles. The first kappa shape index (κ1) is 12.5. The molecule has 0 aliphatic rings. The van der Waals surface area contributed by atoms with Crippen LogP contribution in [-0.4, -0.2) is 16.2 Å². The van der Waals surface area contributed by atoms with Gasteiger partial charge in [0.1, 0.15) is 5.51 Å². The lowest BCUT2D eigenvalue weighted by Gasteiger charge is -2.19. The van der Waals surface area contributed by atoms with E-state index in [1.54, 1.807) is 28.6 Å². The first-order chi connectivity index (χ1) is 8.16. The van der Waals surface area contributed by atoms with Crippen molar-refractivity contribution < 1.29 is 0 Å². The van der Waals surface area contributed by atoms with Crippen molar-refractivity contribution in [2.45, 2.75) is 29.5 Å². The van der Waals surface area contributed by atoms with Gasteiger partial charge in [-0.05, 0) is 19.4 Å². The minimum Gasteiger partial charge on any atom is -0.327 e. The Balaban J connectivity index is 2.23. The molecule has 17 heavy (non-hydrogen) atoms. The van der Waals surface area contributed by atoms with Crippen LogP contribution < -0.4 is 5.73 Å². The Labute approximate surface area is 109 Å². The van der Waals surface area contributed by atoms with E-state index in [9.17, 15) is 0 Å². The summed E-state index contributed by atoms with van der Waals surface area (Å²) in [6.07, 6.45) is 0. The van der Waals surface area contributed by atoms with Crippen molar-refractivity contribution in [3.05, 3.63) is 40.9 Å². The zero-order valence-corrected chi connectivity index (χ0v) is 11.5. The highest BCUT2D eigenvalue weighted by molar-refractivity contribution is 8.01. The van der Waals surface area contributed by atoms with Gasteiger partial charge in [0.25, 0.3) is 0 Å². The topological polar surface area (TPSA) is 51.8 Å². The quantitative estimate of drug-likeness (QED) is 0.863. The number of aryl methyl sites for hydroxylation is 1. The number of thioether (sulfide) groups is 1. The minimum atomic E-state index is 0.0747. The molecule has 0 saturated heterocycles. The Morgan fingerprint density at radius 3 is 2.82 bits per heavy atom. The molecular formula is C12H15N3S2. The maximum Gasteiger partial charge on any atom is 0.174 e. The predicted octanol–water partition coefficient (Wildman–Crippen LogP) is 3.03. The normalized spacial score (nSPS) is 14.5. The highest BCUT2D eigenvalue weighted by atomic mass is 32.2. The van der Waals surface area contributed by atoms with E-state index in [0.717, 1.165) is 4.34 Å². The molecule has 0 aliphatic carbocycles. The number of aromatic nitrogens is 2. The molecule has 0 amide bonds. The maximum atomic E-state index is 6.07. The molecule has 2 atom stereocenters. The molecule has 0 radical (unpaired) electrons. The summed E-state index contributed by atoms with van der Waals surface area (Å²) in [4.78, 5) is 0. The summed E-state index contributed by atoms with van der Waals surface area (Å²) in [6, 6.07) is 8.54. The zero-order chi connectivity index (χ0) is 12.3. The van der Waals surface area contributed by atoms with E-state index in [0.29, 0.717) is 0 Å². The number of hydrogen-bond donors (Lipinski definition) is 1. The highest BCUT2D eigenvalue weighted by Crippen LogP contribution is 2.37. The standard InChI is InChI=1S/C12H15N3S2/c1-8-4-3-5-10(6-8)11(9(2)13)17-12-15-14-7-16-12/h3-7,9,11H,13H2,1-2H3. The lowest BCUT2D eigenvalue weighted by atomic mass is 10.0. The first-order valence-electron chi connectivity index (χ1n) is 5.42. The van der Waals surface area contributed by atoms with Crippen molar-refractivity contribution >= 4 is 23.1 Å². The SMILES string of the molecule is Cc1cccc(C(Sc2nncs2)C(C)N)c1. The molecule has 90 valence electrons. The van der Waals surface area contributed by atoms with Gasteiger partial charge in [-0.1, -0.05) is 52.9 Å². The van der Waals surface area contributed by atoms with E-state index >= 15 is 0 Å². The van der Waals surface area contributed by atoms with E-state index in [1.165, 1.54) is 11.1 Å². The Morgan fingerprint density at radius 1 is 1.41 bits per heavy atom. The average molecular weight is 265 g/mol. The second-order valence-electron chi connectivity index (χ2n) is 4.02. The second-order valence-corrected chi connectivity index (χ2v) is 6.24. The van der Waals surface area contributed by atoms with Gasteiger partial charge in [0.05, 0.1) is 5.25 Å². The summed E-state index contributed by atoms with van der Waals surface area (Å²) in [6.45, 7) is 4.12. The smallest absolute Gasteiger partial charge is 0.174 e. The molecule has 2 aromatic rings. The summed E-state index contributed by atoms with van der Waals surface area (Å²) < 4.78 is 0.966. The average Bonchev–Trinajstić information content (AvgIpc) is 2.78. The highest BCUT2D eigenvalue weighted by Gasteiger charge is 2.19. The van der Waals surface area contributed by atoms with Crippen molar-refractivity contribution in [3.63, 3.8) is 0 Å². The summed E-state index contributed by atoms with van der Waals surface area (Å²) in [5.41, 5.74) is 10.3. The number of benzene rings is 1. The molecule has 3 nitrogen and oxygen atoms in total. The molecule has 2 unspecified atom stereocenters. The first-order valence-corrected chi connectivity index (χ1v) is 7.17. The Hall–Kier alpha value is -0.910. The van der Waals surface area contributed by atoms with Gasteiger partial charge in [0.2, 0.25) is 0 Å². The van der Waals surface area contributed by atoms with Crippen LogP contribution in [0.2, 0.25) is 0 Å². The van der Waals surface area contributed by atoms with Gasteiger partial charge in [0, 0.05) is 6.04 Å². The van der Waals surface area contributed by atoms with Gasteiger partial charge in [-0.2, -0.15) is 0 Å². The van der Waals surface area contributed by atoms with Crippen LogP contribution in [0.25, 0.3) is 0 Å². The second kappa shape index (κ2) is 5.62. The van der Waals surface area contributed by atoms with Crippen LogP contribution in [0.5, 0.6) is 0 Å². The fourth-order valence-electron chi connectivity index (χ4n) is 1.65. The van der Waals surface area contributed by atoms with E-state index in [2.05, 4.69) is 41.4 Å². The van der Waals surface area contributed by atoms with Crippen molar-refractivity contribution in [3.8, 4) is 0 Å². The maximum absolute atomic E-state index is 6.07. The zero-order valence-electron chi connectivity index (χ0n) is 9.83. The van der Waals surface area contributed by atoms with Crippen LogP contribution >= 0.6 is 23.1 Å². The van der Waals surface area contributed by atoms with Crippen molar-refractivity contribution in [1.82, 2.24) is 10.2 Å². The lowest BCUT2D eigenvalue weighted by molar-refractivity contribution is 0.720. The molecule has 0 aliphatic heterocycles. The van der Waals surface area contributed by atoms with Crippen LogP contribution in [0.3, 0.4) is 0 Å². The van der Waals surface area contributed by atoms with Crippen molar-refractivity contribution in [2.75, 3.05) is 0 Å². The Bertz CT molecular complexity index is 468. The molecule has 0 bridgehead atoms. The molecule has 0 spiro atoms. The summed E-state index contributed by atoms with van der Waals surface area (Å²) in [5, 5.41) is 8.14. The van der Waals surface area contributed by atoms with Gasteiger partial charge < -0.3 is 5.73 Å². The monoisotopic (exact) mass is 265 g/mol. The van der Waals surface area contributed by atoms with Gasteiger partial charge >= 0.3 is 0 Å². The van der Waals surface area contributed by atoms with E-state index < -0.39 is 0 Å². The van der Waals surface area contributed by atoms with Crippen LogP contribution in [0, 0.1) is 6.92 Å². The summed E-state index contributed by atoms with van der Waals surface area (Å²) in [7, 11) is 0. The molecule has 1 aromatic carbocycles. The van der Waals surface area contributed by atoms with Crippen LogP contribution in [0.1, 0.15) is 23.3 Å². The predicted molar refractivity (Wildman–Crippen MR) is 73.3 cm³/mol. The summed E-state index contributed by atoms with van der Waals surface area (Å²) >= 11 is 3.24. The number of nitrogens with two attached hydrogens (primary N) is 1. The fraction of sp³-hybridized carbons (Fsp3) is 0.333. The molecule has 2 N–H and O–H groups in total. The van der Waals surface area contributed by atoms with Gasteiger partial charge in [-0.15, -0.1) is 10.2 Å². The number of hydrogen-bond acceptors (Lipinski definition) is 5. The molecule has 1 heterocycles. The Kier molecular flexibility index (Phi) is 4.15. The third-order valence-corrected chi connectivity index (χ3v) is 4.72. The third-order valence-electron chi connectivity index (χ3n) is 2.42. The largest absolute Gasteiger partial charge is 0.327 e. The van der Waals surface area contributed by atoms with E-state index in [4.69, 9.17) is 5.73 Å². The number of rotatable bonds is 4. The van der Waals surface area contributed by atoms with Crippen molar-refractivity contribution in [1.29, 1.82) is 0 Å². The molecule has 0 fully saturated rings. The van der Waals surface area contributed by atoms with Crippen LogP contribution in [-0.2, 0) is 0 Å². The van der Waals surface area contributed by atoms with Gasteiger partial charge in [-0.25, -0.2) is 0 Å². The summed E-state index contributed by atoms with van der Waals surface area (Å²) in [5.74, 6) is 0. The van der Waals surface area contributed by atoms with Gasteiger partial charge in [-0.3, -0.25) is 0 Å². The minimum absolute atomic E-state index is 0.0747. The molecular weight excluding hydrogens is 250 g/mol. The molecule has 5 heteroatoms. The Morgan fingerprint density at radius 2 is 2.24 bits per heavy atom. The van der Waals surface area contributed by atoms with E-state index in [1.807, 2.05) is 6.92 Å². The van der Waals surface area contributed by atoms with Gasteiger partial charge in [0.15, 0.2) is 4.34 Å². The van der Waals surface area contributed by atoms with Crippen LogP contribution in [0.15, 0.2) is 34.1 Å². The van der Waals surface area contributed by atoms with E-state index in [-0.39, 0.29) is 11.3 Å². The van der Waals surface area contributed by atoms with Crippen molar-refractivity contribution in [2.24, 2.45) is 5.73 Å². The lowest BCUT2D eigenvalue weighted by Crippen LogP contribution is -2.22. The molecule has 2 rings (SSSR count). The third kappa shape index (κ3) is 3.28.